The second-order valence-electron chi connectivity index (χ2n) is 8.53. The molecule has 1 aliphatic rings. The molecule has 3 aromatic rings. The van der Waals surface area contributed by atoms with Gasteiger partial charge >= 0.3 is 0 Å². The maximum Gasteiger partial charge on any atom is 0.260 e. The highest BCUT2D eigenvalue weighted by atomic mass is 19.1. The SMILES string of the molecule is CCN(C(=O)c1ccccc1N1CCC(C(=O)c2ccc(F)cc2)CC1)c1ccc(C)cc1. The van der Waals surface area contributed by atoms with Crippen molar-refractivity contribution >= 4 is 23.1 Å². The van der Waals surface area contributed by atoms with E-state index in [0.717, 1.165) is 16.9 Å². The molecule has 4 nitrogen and oxygen atoms in total. The van der Waals surface area contributed by atoms with Crippen LogP contribution in [0.15, 0.2) is 72.8 Å². The first-order valence-corrected chi connectivity index (χ1v) is 11.5. The molecule has 0 saturated carbocycles. The van der Waals surface area contributed by atoms with Crippen molar-refractivity contribution in [3.8, 4) is 0 Å². The van der Waals surface area contributed by atoms with E-state index in [9.17, 15) is 14.0 Å². The van der Waals surface area contributed by atoms with Crippen molar-refractivity contribution in [1.82, 2.24) is 0 Å². The van der Waals surface area contributed by atoms with Crippen LogP contribution in [0.1, 0.15) is 46.0 Å². The van der Waals surface area contributed by atoms with Gasteiger partial charge in [0.1, 0.15) is 5.82 Å². The summed E-state index contributed by atoms with van der Waals surface area (Å²) in [6.07, 6.45) is 1.41. The highest BCUT2D eigenvalue weighted by Gasteiger charge is 2.28. The predicted molar refractivity (Wildman–Crippen MR) is 131 cm³/mol. The Morgan fingerprint density at radius 3 is 2.21 bits per heavy atom. The van der Waals surface area contributed by atoms with Crippen LogP contribution in [0.5, 0.6) is 0 Å². The van der Waals surface area contributed by atoms with E-state index >= 15 is 0 Å². The van der Waals surface area contributed by atoms with Gasteiger partial charge in [0.05, 0.1) is 5.56 Å². The fraction of sp³-hybridized carbons (Fsp3) is 0.286. The summed E-state index contributed by atoms with van der Waals surface area (Å²) in [5, 5.41) is 0. The van der Waals surface area contributed by atoms with Crippen molar-refractivity contribution in [2.24, 2.45) is 5.92 Å². The minimum atomic E-state index is -0.339. The summed E-state index contributed by atoms with van der Waals surface area (Å²) in [4.78, 5) is 30.4. The molecule has 0 N–H and O–H groups in total. The molecule has 170 valence electrons. The number of nitrogens with zero attached hydrogens (tertiary/aromatic N) is 2. The Morgan fingerprint density at radius 2 is 1.58 bits per heavy atom. The number of piperidine rings is 1. The van der Waals surface area contributed by atoms with Crippen molar-refractivity contribution < 1.29 is 14.0 Å². The number of benzene rings is 3. The van der Waals surface area contributed by atoms with Gasteiger partial charge in [0.2, 0.25) is 0 Å². The van der Waals surface area contributed by atoms with Gasteiger partial charge in [-0.2, -0.15) is 0 Å². The number of amides is 1. The van der Waals surface area contributed by atoms with E-state index in [0.29, 0.717) is 43.6 Å². The smallest absolute Gasteiger partial charge is 0.260 e. The number of hydrogen-bond acceptors (Lipinski definition) is 3. The van der Waals surface area contributed by atoms with E-state index in [2.05, 4.69) is 4.90 Å². The molecule has 3 aromatic carbocycles. The number of rotatable bonds is 6. The quantitative estimate of drug-likeness (QED) is 0.445. The summed E-state index contributed by atoms with van der Waals surface area (Å²) in [7, 11) is 0. The van der Waals surface area contributed by atoms with E-state index in [-0.39, 0.29) is 23.4 Å². The molecule has 1 amide bonds. The van der Waals surface area contributed by atoms with E-state index in [4.69, 9.17) is 0 Å². The molecule has 0 aliphatic carbocycles. The van der Waals surface area contributed by atoms with Crippen LogP contribution in [0.2, 0.25) is 0 Å². The summed E-state index contributed by atoms with van der Waals surface area (Å²) in [6.45, 7) is 5.97. The Hall–Kier alpha value is -3.47. The lowest BCUT2D eigenvalue weighted by molar-refractivity contribution is 0.0899. The molecule has 33 heavy (non-hydrogen) atoms. The van der Waals surface area contributed by atoms with Crippen LogP contribution in [0.3, 0.4) is 0 Å². The fourth-order valence-electron chi connectivity index (χ4n) is 4.48. The zero-order valence-electron chi connectivity index (χ0n) is 19.1. The monoisotopic (exact) mass is 444 g/mol. The normalized spacial score (nSPS) is 14.2. The van der Waals surface area contributed by atoms with Crippen molar-refractivity contribution in [2.45, 2.75) is 26.7 Å². The lowest BCUT2D eigenvalue weighted by Crippen LogP contribution is -2.38. The molecule has 1 saturated heterocycles. The maximum absolute atomic E-state index is 13.5. The van der Waals surface area contributed by atoms with E-state index in [1.807, 2.05) is 62.4 Å². The largest absolute Gasteiger partial charge is 0.371 e. The minimum Gasteiger partial charge on any atom is -0.371 e. The average Bonchev–Trinajstić information content (AvgIpc) is 2.86. The highest BCUT2D eigenvalue weighted by molar-refractivity contribution is 6.09. The molecule has 0 aromatic heterocycles. The molecular formula is C28H29FN2O2. The first kappa shape index (κ1) is 22.7. The van der Waals surface area contributed by atoms with Crippen LogP contribution in [0.4, 0.5) is 15.8 Å². The molecule has 1 heterocycles. The van der Waals surface area contributed by atoms with Gasteiger partial charge in [-0.05, 0) is 75.2 Å². The number of Topliss-reactive ketones (excluding diaryl/α,β-unsaturated/α-hetero) is 1. The van der Waals surface area contributed by atoms with Gasteiger partial charge in [-0.15, -0.1) is 0 Å². The number of para-hydroxylation sites is 1. The minimum absolute atomic E-state index is 0.0264. The molecule has 4 rings (SSSR count). The van der Waals surface area contributed by atoms with E-state index in [1.54, 1.807) is 17.0 Å². The topological polar surface area (TPSA) is 40.6 Å². The first-order valence-electron chi connectivity index (χ1n) is 11.5. The molecule has 1 aliphatic heterocycles. The molecule has 0 spiro atoms. The third-order valence-corrected chi connectivity index (χ3v) is 6.38. The summed E-state index contributed by atoms with van der Waals surface area (Å²) in [5.41, 5.74) is 4.17. The van der Waals surface area contributed by atoms with E-state index < -0.39 is 0 Å². The third kappa shape index (κ3) is 4.98. The van der Waals surface area contributed by atoms with Crippen LogP contribution >= 0.6 is 0 Å². The van der Waals surface area contributed by atoms with E-state index in [1.165, 1.54) is 12.1 Å². The lowest BCUT2D eigenvalue weighted by atomic mass is 9.88. The standard InChI is InChI=1S/C28H29FN2O2/c1-3-31(24-14-8-20(2)9-15-24)28(33)25-6-4-5-7-26(25)30-18-16-22(17-19-30)27(32)21-10-12-23(29)13-11-21/h4-15,22H,3,16-19H2,1-2H3. The number of halogens is 1. The zero-order chi connectivity index (χ0) is 23.4. The van der Waals surface area contributed by atoms with Gasteiger partial charge in [0, 0.05) is 42.5 Å². The number of carbonyl (C=O) groups is 2. The van der Waals surface area contributed by atoms with Crippen LogP contribution in [-0.4, -0.2) is 31.3 Å². The van der Waals surface area contributed by atoms with Crippen molar-refractivity contribution in [3.63, 3.8) is 0 Å². The second kappa shape index (κ2) is 9.99. The fourth-order valence-corrected chi connectivity index (χ4v) is 4.48. The second-order valence-corrected chi connectivity index (χ2v) is 8.53. The van der Waals surface area contributed by atoms with Gasteiger partial charge in [-0.3, -0.25) is 9.59 Å². The predicted octanol–water partition coefficient (Wildman–Crippen LogP) is 5.90. The molecule has 5 heteroatoms. The lowest BCUT2D eigenvalue weighted by Gasteiger charge is -2.34. The van der Waals surface area contributed by atoms with Crippen molar-refractivity contribution in [2.75, 3.05) is 29.4 Å². The summed E-state index contributed by atoms with van der Waals surface area (Å²) in [6, 6.07) is 21.5. The summed E-state index contributed by atoms with van der Waals surface area (Å²) in [5.74, 6) is -0.388. The Morgan fingerprint density at radius 1 is 0.939 bits per heavy atom. The average molecular weight is 445 g/mol. The third-order valence-electron chi connectivity index (χ3n) is 6.38. The molecule has 0 bridgehead atoms. The Balaban J connectivity index is 1.50. The number of ketones is 1. The molecular weight excluding hydrogens is 415 g/mol. The number of hydrogen-bond donors (Lipinski definition) is 0. The van der Waals surface area contributed by atoms with Gasteiger partial charge in [-0.25, -0.2) is 4.39 Å². The zero-order valence-corrected chi connectivity index (χ0v) is 19.1. The number of aryl methyl sites for hydroxylation is 1. The van der Waals surface area contributed by atoms with Gasteiger partial charge in [0.25, 0.3) is 5.91 Å². The molecule has 0 atom stereocenters. The Labute approximate surface area is 194 Å². The first-order chi connectivity index (χ1) is 16.0. The van der Waals surface area contributed by atoms with Crippen LogP contribution in [-0.2, 0) is 0 Å². The molecule has 0 unspecified atom stereocenters. The summed E-state index contributed by atoms with van der Waals surface area (Å²) >= 11 is 0. The van der Waals surface area contributed by atoms with Crippen LogP contribution < -0.4 is 9.80 Å². The van der Waals surface area contributed by atoms with Crippen molar-refractivity contribution in [1.29, 1.82) is 0 Å². The van der Waals surface area contributed by atoms with Crippen LogP contribution in [0, 0.1) is 18.7 Å². The summed E-state index contributed by atoms with van der Waals surface area (Å²) < 4.78 is 13.2. The highest BCUT2D eigenvalue weighted by Crippen LogP contribution is 2.30. The molecule has 1 fully saturated rings. The van der Waals surface area contributed by atoms with Gasteiger partial charge in [-0.1, -0.05) is 29.8 Å². The molecule has 0 radical (unpaired) electrons. The van der Waals surface area contributed by atoms with Crippen LogP contribution in [0.25, 0.3) is 0 Å². The number of anilines is 2. The van der Waals surface area contributed by atoms with Gasteiger partial charge < -0.3 is 9.80 Å². The van der Waals surface area contributed by atoms with Crippen molar-refractivity contribution in [3.05, 3.63) is 95.3 Å². The Bertz CT molecular complexity index is 1120. The Kier molecular flexibility index (Phi) is 6.87. The maximum atomic E-state index is 13.5. The van der Waals surface area contributed by atoms with Gasteiger partial charge in [0.15, 0.2) is 5.78 Å². The number of carbonyl (C=O) groups excluding carboxylic acids is 2.